The summed E-state index contributed by atoms with van der Waals surface area (Å²) in [5.74, 6) is 2.14. The van der Waals surface area contributed by atoms with Crippen LogP contribution in [-0.2, 0) is 12.8 Å². The molecule has 0 radical (unpaired) electrons. The van der Waals surface area contributed by atoms with Gasteiger partial charge >= 0.3 is 0 Å². The Kier molecular flexibility index (Phi) is 4.18. The Morgan fingerprint density at radius 1 is 1.36 bits per heavy atom. The molecule has 0 saturated carbocycles. The SMILES string of the molecule is CC1=NC(c2nc3c(o2)CCC(c2cc(F)cc(C#N)c2)C3)=CSC1. The Bertz CT molecular complexity index is 939. The van der Waals surface area contributed by atoms with Gasteiger partial charge in [-0.3, -0.25) is 4.99 Å². The van der Waals surface area contributed by atoms with Crippen molar-refractivity contribution in [1.82, 2.24) is 4.98 Å². The van der Waals surface area contributed by atoms with E-state index in [1.165, 1.54) is 12.1 Å². The van der Waals surface area contributed by atoms with Crippen LogP contribution in [-0.4, -0.2) is 16.4 Å². The highest BCUT2D eigenvalue weighted by Gasteiger charge is 2.27. The molecule has 1 aliphatic carbocycles. The van der Waals surface area contributed by atoms with Crippen LogP contribution < -0.4 is 0 Å². The number of fused-ring (bicyclic) bond motifs is 1. The van der Waals surface area contributed by atoms with Crippen LogP contribution >= 0.6 is 11.8 Å². The van der Waals surface area contributed by atoms with Crippen molar-refractivity contribution in [2.75, 3.05) is 5.75 Å². The van der Waals surface area contributed by atoms with Crippen LogP contribution in [0.1, 0.15) is 47.7 Å². The van der Waals surface area contributed by atoms with Gasteiger partial charge < -0.3 is 4.42 Å². The van der Waals surface area contributed by atoms with Crippen molar-refractivity contribution < 1.29 is 8.81 Å². The van der Waals surface area contributed by atoms with Crippen molar-refractivity contribution in [1.29, 1.82) is 5.26 Å². The molecule has 0 fully saturated rings. The molecule has 0 saturated heterocycles. The van der Waals surface area contributed by atoms with Gasteiger partial charge in [-0.05, 0) is 43.0 Å². The highest BCUT2D eigenvalue weighted by atomic mass is 32.2. The van der Waals surface area contributed by atoms with Gasteiger partial charge in [0.05, 0.1) is 17.3 Å². The summed E-state index contributed by atoms with van der Waals surface area (Å²) in [6, 6.07) is 6.57. The third-order valence-electron chi connectivity index (χ3n) is 4.48. The molecule has 0 amide bonds. The molecular weight excluding hydrogens is 337 g/mol. The van der Waals surface area contributed by atoms with Gasteiger partial charge in [0, 0.05) is 29.7 Å². The summed E-state index contributed by atoms with van der Waals surface area (Å²) >= 11 is 1.69. The minimum absolute atomic E-state index is 0.146. The van der Waals surface area contributed by atoms with E-state index in [2.05, 4.69) is 9.98 Å². The minimum atomic E-state index is -0.366. The summed E-state index contributed by atoms with van der Waals surface area (Å²) in [7, 11) is 0. The number of rotatable bonds is 2. The molecule has 4 rings (SSSR count). The van der Waals surface area contributed by atoms with Crippen molar-refractivity contribution in [3.05, 3.63) is 57.9 Å². The zero-order chi connectivity index (χ0) is 17.4. The van der Waals surface area contributed by atoms with Gasteiger partial charge in [0.1, 0.15) is 17.3 Å². The average Bonchev–Trinajstić information content (AvgIpc) is 3.04. The molecule has 1 aliphatic heterocycles. The maximum atomic E-state index is 13.7. The van der Waals surface area contributed by atoms with Crippen LogP contribution in [0.3, 0.4) is 0 Å². The van der Waals surface area contributed by atoms with Crippen LogP contribution in [0.15, 0.2) is 33.0 Å². The lowest BCUT2D eigenvalue weighted by Crippen LogP contribution is -2.12. The first kappa shape index (κ1) is 16.1. The third-order valence-corrected chi connectivity index (χ3v) is 5.45. The fourth-order valence-corrected chi connectivity index (χ4v) is 3.99. The summed E-state index contributed by atoms with van der Waals surface area (Å²) in [5, 5.41) is 11.0. The van der Waals surface area contributed by atoms with E-state index in [4.69, 9.17) is 9.68 Å². The van der Waals surface area contributed by atoms with Crippen molar-refractivity contribution in [2.24, 2.45) is 4.99 Å². The standard InChI is InChI=1S/C19H16FN3OS/c1-11-9-25-10-17(22-11)19-23-16-7-13(2-3-18(16)24-19)14-4-12(8-21)5-15(20)6-14/h4-6,10,13H,2-3,7,9H2,1H3. The van der Waals surface area contributed by atoms with Crippen LogP contribution in [0.5, 0.6) is 0 Å². The smallest absolute Gasteiger partial charge is 0.246 e. The highest BCUT2D eigenvalue weighted by Crippen LogP contribution is 2.35. The topological polar surface area (TPSA) is 62.2 Å². The second-order valence-electron chi connectivity index (χ2n) is 6.37. The van der Waals surface area contributed by atoms with Gasteiger partial charge in [-0.2, -0.15) is 5.26 Å². The van der Waals surface area contributed by atoms with Crippen LogP contribution in [0.2, 0.25) is 0 Å². The molecule has 1 unspecified atom stereocenters. The van der Waals surface area contributed by atoms with E-state index in [-0.39, 0.29) is 11.7 Å². The molecule has 25 heavy (non-hydrogen) atoms. The summed E-state index contributed by atoms with van der Waals surface area (Å²) < 4.78 is 19.7. The molecule has 0 bridgehead atoms. The van der Waals surface area contributed by atoms with E-state index < -0.39 is 0 Å². The number of hydrogen-bond donors (Lipinski definition) is 0. The van der Waals surface area contributed by atoms with E-state index in [9.17, 15) is 4.39 Å². The van der Waals surface area contributed by atoms with Crippen LogP contribution in [0, 0.1) is 17.1 Å². The molecule has 2 aliphatic rings. The number of benzene rings is 1. The molecule has 1 atom stereocenters. The van der Waals surface area contributed by atoms with Gasteiger partial charge in [-0.25, -0.2) is 9.37 Å². The first-order valence-electron chi connectivity index (χ1n) is 8.18. The Balaban J connectivity index is 1.61. The number of nitriles is 1. The Morgan fingerprint density at radius 3 is 3.04 bits per heavy atom. The first-order valence-corrected chi connectivity index (χ1v) is 9.22. The van der Waals surface area contributed by atoms with Crippen molar-refractivity contribution >= 4 is 23.2 Å². The zero-order valence-corrected chi connectivity index (χ0v) is 14.6. The van der Waals surface area contributed by atoms with Crippen molar-refractivity contribution in [3.8, 4) is 6.07 Å². The van der Waals surface area contributed by atoms with Gasteiger partial charge in [0.15, 0.2) is 0 Å². The first-order chi connectivity index (χ1) is 12.1. The number of aliphatic imine (C=N–C) groups is 1. The monoisotopic (exact) mass is 353 g/mol. The quantitative estimate of drug-likeness (QED) is 0.799. The Labute approximate surface area is 149 Å². The van der Waals surface area contributed by atoms with Crippen LogP contribution in [0.4, 0.5) is 4.39 Å². The molecule has 2 aromatic rings. The minimum Gasteiger partial charge on any atom is -0.440 e. The predicted molar refractivity (Wildman–Crippen MR) is 95.9 cm³/mol. The van der Waals surface area contributed by atoms with Gasteiger partial charge in [-0.1, -0.05) is 0 Å². The van der Waals surface area contributed by atoms with Gasteiger partial charge in [-0.15, -0.1) is 11.8 Å². The van der Waals surface area contributed by atoms with E-state index in [0.717, 1.165) is 47.0 Å². The predicted octanol–water partition coefficient (Wildman–Crippen LogP) is 4.46. The fraction of sp³-hybridized carbons (Fsp3) is 0.316. The van der Waals surface area contributed by atoms with E-state index >= 15 is 0 Å². The van der Waals surface area contributed by atoms with Crippen molar-refractivity contribution in [2.45, 2.75) is 32.1 Å². The molecule has 0 N–H and O–H groups in total. The van der Waals surface area contributed by atoms with E-state index in [1.54, 1.807) is 17.8 Å². The maximum absolute atomic E-state index is 13.7. The lowest BCUT2D eigenvalue weighted by Gasteiger charge is -2.20. The van der Waals surface area contributed by atoms with Crippen molar-refractivity contribution in [3.63, 3.8) is 0 Å². The molecule has 0 spiro atoms. The number of oxazole rings is 1. The molecule has 126 valence electrons. The molecule has 4 nitrogen and oxygen atoms in total. The summed E-state index contributed by atoms with van der Waals surface area (Å²) in [4.78, 5) is 9.16. The highest BCUT2D eigenvalue weighted by molar-refractivity contribution is 8.03. The summed E-state index contributed by atoms with van der Waals surface area (Å²) in [6.07, 6.45) is 2.30. The lowest BCUT2D eigenvalue weighted by atomic mass is 9.84. The molecule has 6 heteroatoms. The summed E-state index contributed by atoms with van der Waals surface area (Å²) in [5.41, 5.74) is 3.96. The normalized spacial score (nSPS) is 19.6. The number of halogens is 1. The average molecular weight is 353 g/mol. The second kappa shape index (κ2) is 6.49. The van der Waals surface area contributed by atoms with Crippen LogP contribution in [0.25, 0.3) is 5.70 Å². The Morgan fingerprint density at radius 2 is 2.24 bits per heavy atom. The number of aryl methyl sites for hydroxylation is 1. The number of aromatic nitrogens is 1. The fourth-order valence-electron chi connectivity index (χ4n) is 3.29. The van der Waals surface area contributed by atoms with Gasteiger partial charge in [0.25, 0.3) is 0 Å². The Hall–Kier alpha value is -2.39. The van der Waals surface area contributed by atoms with Gasteiger partial charge in [0.2, 0.25) is 5.89 Å². The number of nitrogens with zero attached hydrogens (tertiary/aromatic N) is 3. The second-order valence-corrected chi connectivity index (χ2v) is 7.23. The molecule has 1 aromatic carbocycles. The molecule has 2 heterocycles. The van der Waals surface area contributed by atoms with E-state index in [1.807, 2.05) is 18.4 Å². The number of hydrogen-bond acceptors (Lipinski definition) is 5. The molecule has 1 aromatic heterocycles. The summed E-state index contributed by atoms with van der Waals surface area (Å²) in [6.45, 7) is 2.00. The third kappa shape index (κ3) is 3.24. The lowest BCUT2D eigenvalue weighted by molar-refractivity contribution is 0.449. The largest absolute Gasteiger partial charge is 0.440 e. The molecular formula is C19H16FN3OS. The number of thioether (sulfide) groups is 1. The maximum Gasteiger partial charge on any atom is 0.246 e. The zero-order valence-electron chi connectivity index (χ0n) is 13.8. The van der Waals surface area contributed by atoms with E-state index in [0.29, 0.717) is 17.9 Å².